The topological polar surface area (TPSA) is 84.1 Å². The van der Waals surface area contributed by atoms with Crippen LogP contribution in [0.15, 0.2) is 36.5 Å². The van der Waals surface area contributed by atoms with Crippen LogP contribution in [0.4, 0.5) is 5.69 Å². The van der Waals surface area contributed by atoms with Crippen molar-refractivity contribution in [3.63, 3.8) is 0 Å². The summed E-state index contributed by atoms with van der Waals surface area (Å²) in [6, 6.07) is 9.09. The molecule has 0 saturated carbocycles. The van der Waals surface area contributed by atoms with Gasteiger partial charge < -0.3 is 4.74 Å². The zero-order chi connectivity index (χ0) is 14.7. The normalized spacial score (nSPS) is 16.8. The maximum Gasteiger partial charge on any atom is 0.235 e. The number of nitrogens with zero attached hydrogens (tertiary/aromatic N) is 1. The summed E-state index contributed by atoms with van der Waals surface area (Å²) in [5.41, 5.74) is 2.43. The fraction of sp³-hybridized carbons (Fsp3) is 0.357. The van der Waals surface area contributed by atoms with Gasteiger partial charge in [-0.05, 0) is 36.6 Å². The second-order valence-corrected chi connectivity index (χ2v) is 6.97. The average Bonchev–Trinajstić information content (AvgIpc) is 3.03. The van der Waals surface area contributed by atoms with Gasteiger partial charge in [-0.25, -0.2) is 8.42 Å². The molecule has 0 aliphatic carbocycles. The first-order valence-electron chi connectivity index (χ1n) is 6.84. The zero-order valence-electron chi connectivity index (χ0n) is 11.5. The molecule has 0 unspecified atom stereocenters. The van der Waals surface area contributed by atoms with Crippen molar-refractivity contribution in [1.29, 1.82) is 0 Å². The van der Waals surface area contributed by atoms with Crippen LogP contribution in [0.2, 0.25) is 0 Å². The number of anilines is 1. The third-order valence-corrected chi connectivity index (χ3v) is 5.43. The molecule has 1 aliphatic rings. The number of benzene rings is 1. The molecule has 6 nitrogen and oxygen atoms in total. The van der Waals surface area contributed by atoms with Crippen molar-refractivity contribution in [3.05, 3.63) is 36.5 Å². The molecule has 1 aromatic heterocycles. The van der Waals surface area contributed by atoms with E-state index in [4.69, 9.17) is 4.74 Å². The number of nitrogens with one attached hydrogen (secondary N) is 2. The van der Waals surface area contributed by atoms with E-state index >= 15 is 0 Å². The maximum atomic E-state index is 12.3. The van der Waals surface area contributed by atoms with Crippen LogP contribution in [0.3, 0.4) is 0 Å². The van der Waals surface area contributed by atoms with Crippen molar-refractivity contribution in [2.24, 2.45) is 0 Å². The maximum absolute atomic E-state index is 12.3. The van der Waals surface area contributed by atoms with Crippen LogP contribution in [-0.4, -0.2) is 37.1 Å². The second-order valence-electron chi connectivity index (χ2n) is 5.01. The van der Waals surface area contributed by atoms with Gasteiger partial charge in [0.05, 0.1) is 10.9 Å². The molecule has 1 saturated heterocycles. The summed E-state index contributed by atoms with van der Waals surface area (Å²) in [6.07, 6.45) is 2.76. The van der Waals surface area contributed by atoms with Crippen molar-refractivity contribution < 1.29 is 13.2 Å². The van der Waals surface area contributed by atoms with Crippen LogP contribution in [0.25, 0.3) is 11.3 Å². The Morgan fingerprint density at radius 2 is 1.86 bits per heavy atom. The quantitative estimate of drug-likeness (QED) is 0.905. The fourth-order valence-electron chi connectivity index (χ4n) is 2.37. The minimum atomic E-state index is -3.35. The molecule has 0 radical (unpaired) electrons. The molecule has 0 atom stereocenters. The highest BCUT2D eigenvalue weighted by Crippen LogP contribution is 2.22. The lowest BCUT2D eigenvalue weighted by Gasteiger charge is -2.22. The minimum absolute atomic E-state index is 0.376. The summed E-state index contributed by atoms with van der Waals surface area (Å²) >= 11 is 0. The molecule has 7 heteroatoms. The van der Waals surface area contributed by atoms with Crippen molar-refractivity contribution in [1.82, 2.24) is 10.2 Å². The van der Waals surface area contributed by atoms with Crippen LogP contribution in [0, 0.1) is 0 Å². The summed E-state index contributed by atoms with van der Waals surface area (Å²) in [4.78, 5) is 0. The predicted molar refractivity (Wildman–Crippen MR) is 80.4 cm³/mol. The van der Waals surface area contributed by atoms with Gasteiger partial charge >= 0.3 is 0 Å². The van der Waals surface area contributed by atoms with Crippen LogP contribution < -0.4 is 4.72 Å². The first kappa shape index (κ1) is 14.1. The first-order chi connectivity index (χ1) is 10.1. The number of aromatic nitrogens is 2. The Balaban J connectivity index is 1.72. The van der Waals surface area contributed by atoms with Gasteiger partial charge in [-0.2, -0.15) is 5.10 Å². The smallest absolute Gasteiger partial charge is 0.235 e. The van der Waals surface area contributed by atoms with Gasteiger partial charge in [-0.15, -0.1) is 0 Å². The van der Waals surface area contributed by atoms with Gasteiger partial charge in [-0.3, -0.25) is 9.82 Å². The fourth-order valence-corrected chi connectivity index (χ4v) is 3.81. The molecule has 112 valence electrons. The van der Waals surface area contributed by atoms with E-state index in [1.165, 1.54) is 0 Å². The Labute approximate surface area is 123 Å². The number of aromatic amines is 1. The van der Waals surface area contributed by atoms with Crippen LogP contribution in [0.1, 0.15) is 12.8 Å². The largest absolute Gasteiger partial charge is 0.381 e. The number of rotatable bonds is 4. The number of hydrogen-bond acceptors (Lipinski definition) is 4. The lowest BCUT2D eigenvalue weighted by atomic mass is 10.1. The Bertz CT molecular complexity index is 675. The number of hydrogen-bond donors (Lipinski definition) is 2. The lowest BCUT2D eigenvalue weighted by molar-refractivity contribution is 0.0984. The standard InChI is InChI=1S/C14H17N3O3S/c18-21(19,13-6-9-20-10-7-13)17-12-3-1-11(2-4-12)14-5-8-15-16-14/h1-5,8,13,17H,6-7,9-10H2,(H,15,16). The molecule has 2 heterocycles. The molecule has 1 aliphatic heterocycles. The Morgan fingerprint density at radius 1 is 1.14 bits per heavy atom. The Kier molecular flexibility index (Phi) is 3.94. The van der Waals surface area contributed by atoms with E-state index in [1.807, 2.05) is 18.2 Å². The summed E-state index contributed by atoms with van der Waals surface area (Å²) < 4.78 is 32.4. The summed E-state index contributed by atoms with van der Waals surface area (Å²) in [5.74, 6) is 0. The molecule has 1 fully saturated rings. The zero-order valence-corrected chi connectivity index (χ0v) is 12.3. The predicted octanol–water partition coefficient (Wildman–Crippen LogP) is 2.00. The monoisotopic (exact) mass is 307 g/mol. The molecule has 0 spiro atoms. The SMILES string of the molecule is O=S(=O)(Nc1ccc(-c2ccn[nH]2)cc1)C1CCOCC1. The van der Waals surface area contributed by atoms with Gasteiger partial charge in [0.15, 0.2) is 0 Å². The highest BCUT2D eigenvalue weighted by atomic mass is 32.2. The summed E-state index contributed by atoms with van der Waals surface area (Å²) in [7, 11) is -3.35. The van der Waals surface area contributed by atoms with Crippen molar-refractivity contribution >= 4 is 15.7 Å². The molecular formula is C14H17N3O3S. The number of sulfonamides is 1. The van der Waals surface area contributed by atoms with Gasteiger partial charge in [0.1, 0.15) is 0 Å². The summed E-state index contributed by atoms with van der Waals surface area (Å²) in [6.45, 7) is 1.01. The van der Waals surface area contributed by atoms with Crippen molar-refractivity contribution in [3.8, 4) is 11.3 Å². The molecule has 21 heavy (non-hydrogen) atoms. The highest BCUT2D eigenvalue weighted by Gasteiger charge is 2.27. The van der Waals surface area contributed by atoms with E-state index in [1.54, 1.807) is 18.3 Å². The third-order valence-electron chi connectivity index (χ3n) is 3.56. The van der Waals surface area contributed by atoms with Crippen LogP contribution in [-0.2, 0) is 14.8 Å². The number of H-pyrrole nitrogens is 1. The molecule has 3 rings (SSSR count). The molecule has 0 amide bonds. The van der Waals surface area contributed by atoms with E-state index in [2.05, 4.69) is 14.9 Å². The van der Waals surface area contributed by atoms with Gasteiger partial charge in [0, 0.05) is 25.1 Å². The average molecular weight is 307 g/mol. The minimum Gasteiger partial charge on any atom is -0.381 e. The Hall–Kier alpha value is -1.86. The van der Waals surface area contributed by atoms with Crippen LogP contribution >= 0.6 is 0 Å². The highest BCUT2D eigenvalue weighted by molar-refractivity contribution is 7.93. The van der Waals surface area contributed by atoms with Crippen LogP contribution in [0.5, 0.6) is 0 Å². The van der Waals surface area contributed by atoms with Crippen molar-refractivity contribution in [2.45, 2.75) is 18.1 Å². The van der Waals surface area contributed by atoms with E-state index in [-0.39, 0.29) is 5.25 Å². The van der Waals surface area contributed by atoms with Gasteiger partial charge in [-0.1, -0.05) is 12.1 Å². The molecular weight excluding hydrogens is 290 g/mol. The van der Waals surface area contributed by atoms with E-state index in [0.717, 1.165) is 11.3 Å². The molecule has 2 N–H and O–H groups in total. The number of ether oxygens (including phenoxy) is 1. The second kappa shape index (κ2) is 5.87. The van der Waals surface area contributed by atoms with E-state index in [0.29, 0.717) is 31.7 Å². The molecule has 0 bridgehead atoms. The van der Waals surface area contributed by atoms with Gasteiger partial charge in [0.25, 0.3) is 0 Å². The molecule has 2 aromatic rings. The van der Waals surface area contributed by atoms with Crippen molar-refractivity contribution in [2.75, 3.05) is 17.9 Å². The third kappa shape index (κ3) is 3.25. The molecule has 1 aromatic carbocycles. The first-order valence-corrected chi connectivity index (χ1v) is 8.39. The Morgan fingerprint density at radius 3 is 2.48 bits per heavy atom. The lowest BCUT2D eigenvalue weighted by Crippen LogP contribution is -2.33. The van der Waals surface area contributed by atoms with E-state index < -0.39 is 10.0 Å². The van der Waals surface area contributed by atoms with Gasteiger partial charge in [0.2, 0.25) is 10.0 Å². The van der Waals surface area contributed by atoms with E-state index in [9.17, 15) is 8.42 Å². The summed E-state index contributed by atoms with van der Waals surface area (Å²) in [5, 5.41) is 6.39.